The minimum Gasteiger partial charge on any atom is -0.478 e. The molecule has 2 rings (SSSR count). The zero-order chi connectivity index (χ0) is 15.8. The molecule has 21 heavy (non-hydrogen) atoms. The van der Waals surface area contributed by atoms with Crippen LogP contribution in [0.5, 0.6) is 0 Å². The lowest BCUT2D eigenvalue weighted by Gasteiger charge is -2.24. The molecule has 5 nitrogen and oxygen atoms in total. The molecular formula is C14H16F2N2O3. The van der Waals surface area contributed by atoms with Crippen LogP contribution in [-0.2, 0) is 4.79 Å². The Labute approximate surface area is 120 Å². The molecule has 0 aliphatic carbocycles. The SMILES string of the molecule is CNC(=O)C1(C)CCN(c2c(F)cc(C(=O)O)cc2F)C1. The van der Waals surface area contributed by atoms with E-state index < -0.39 is 28.6 Å². The number of halogens is 2. The number of nitrogens with one attached hydrogen (secondary N) is 1. The van der Waals surface area contributed by atoms with Gasteiger partial charge in [0.2, 0.25) is 5.91 Å². The van der Waals surface area contributed by atoms with Crippen molar-refractivity contribution < 1.29 is 23.5 Å². The van der Waals surface area contributed by atoms with Crippen LogP contribution < -0.4 is 10.2 Å². The molecular weight excluding hydrogens is 282 g/mol. The Morgan fingerprint density at radius 2 is 1.90 bits per heavy atom. The number of amides is 1. The summed E-state index contributed by atoms with van der Waals surface area (Å²) in [7, 11) is 1.51. The molecule has 1 amide bonds. The van der Waals surface area contributed by atoms with Crippen molar-refractivity contribution in [2.24, 2.45) is 5.41 Å². The van der Waals surface area contributed by atoms with E-state index in [1.165, 1.54) is 11.9 Å². The number of carbonyl (C=O) groups is 2. The zero-order valence-corrected chi connectivity index (χ0v) is 11.7. The molecule has 1 atom stereocenters. The molecule has 0 aromatic heterocycles. The number of carboxylic acids is 1. The second kappa shape index (κ2) is 5.31. The van der Waals surface area contributed by atoms with Gasteiger partial charge in [-0.05, 0) is 25.5 Å². The minimum absolute atomic E-state index is 0.174. The first kappa shape index (κ1) is 15.2. The Bertz CT molecular complexity index is 583. The van der Waals surface area contributed by atoms with Crippen molar-refractivity contribution in [3.63, 3.8) is 0 Å². The number of hydrogen-bond donors (Lipinski definition) is 2. The van der Waals surface area contributed by atoms with E-state index in [2.05, 4.69) is 5.32 Å². The molecule has 1 saturated heterocycles. The number of benzene rings is 1. The molecule has 7 heteroatoms. The van der Waals surface area contributed by atoms with Crippen molar-refractivity contribution in [3.05, 3.63) is 29.3 Å². The fourth-order valence-corrected chi connectivity index (χ4v) is 2.63. The Morgan fingerprint density at radius 3 is 2.38 bits per heavy atom. The smallest absolute Gasteiger partial charge is 0.335 e. The first-order valence-corrected chi connectivity index (χ1v) is 6.48. The van der Waals surface area contributed by atoms with Crippen LogP contribution in [0.4, 0.5) is 14.5 Å². The molecule has 0 bridgehead atoms. The molecule has 1 aliphatic heterocycles. The molecule has 1 heterocycles. The van der Waals surface area contributed by atoms with Gasteiger partial charge in [0.1, 0.15) is 17.3 Å². The van der Waals surface area contributed by atoms with Crippen molar-refractivity contribution in [1.82, 2.24) is 5.32 Å². The highest BCUT2D eigenvalue weighted by Crippen LogP contribution is 2.36. The molecule has 1 unspecified atom stereocenters. The average Bonchev–Trinajstić information content (AvgIpc) is 2.80. The third-order valence-corrected chi connectivity index (χ3v) is 3.83. The van der Waals surface area contributed by atoms with Gasteiger partial charge in [-0.2, -0.15) is 0 Å². The topological polar surface area (TPSA) is 69.6 Å². The summed E-state index contributed by atoms with van der Waals surface area (Å²) >= 11 is 0. The summed E-state index contributed by atoms with van der Waals surface area (Å²) in [5.74, 6) is -3.45. The molecule has 1 aromatic rings. The average molecular weight is 298 g/mol. The van der Waals surface area contributed by atoms with Gasteiger partial charge >= 0.3 is 5.97 Å². The number of carboxylic acid groups (broad SMARTS) is 1. The Balaban J connectivity index is 2.33. The van der Waals surface area contributed by atoms with E-state index in [1.54, 1.807) is 6.92 Å². The lowest BCUT2D eigenvalue weighted by Crippen LogP contribution is -2.39. The van der Waals surface area contributed by atoms with Gasteiger partial charge < -0.3 is 15.3 Å². The fraction of sp³-hybridized carbons (Fsp3) is 0.429. The molecule has 1 fully saturated rings. The second-order valence-electron chi connectivity index (χ2n) is 5.40. The highest BCUT2D eigenvalue weighted by atomic mass is 19.1. The van der Waals surface area contributed by atoms with Gasteiger partial charge in [0.15, 0.2) is 0 Å². The lowest BCUT2D eigenvalue weighted by molar-refractivity contribution is -0.128. The fourth-order valence-electron chi connectivity index (χ4n) is 2.63. The molecule has 0 radical (unpaired) electrons. The third kappa shape index (κ3) is 2.68. The number of aromatic carboxylic acids is 1. The van der Waals surface area contributed by atoms with Crippen molar-refractivity contribution in [3.8, 4) is 0 Å². The van der Waals surface area contributed by atoms with Crippen LogP contribution >= 0.6 is 0 Å². The van der Waals surface area contributed by atoms with Crippen molar-refractivity contribution in [1.29, 1.82) is 0 Å². The molecule has 1 aromatic carbocycles. The molecule has 1 aliphatic rings. The number of rotatable bonds is 3. The molecule has 0 saturated carbocycles. The van der Waals surface area contributed by atoms with E-state index in [4.69, 9.17) is 5.11 Å². The van der Waals surface area contributed by atoms with E-state index in [0.717, 1.165) is 12.1 Å². The van der Waals surface area contributed by atoms with Crippen LogP contribution in [0, 0.1) is 17.0 Å². The van der Waals surface area contributed by atoms with E-state index in [9.17, 15) is 18.4 Å². The summed E-state index contributed by atoms with van der Waals surface area (Å²) in [6.45, 7) is 2.23. The number of hydrogen-bond acceptors (Lipinski definition) is 3. The minimum atomic E-state index is -1.39. The third-order valence-electron chi connectivity index (χ3n) is 3.83. The molecule has 2 N–H and O–H groups in total. The first-order valence-electron chi connectivity index (χ1n) is 6.48. The van der Waals surface area contributed by atoms with E-state index in [-0.39, 0.29) is 18.1 Å². The second-order valence-corrected chi connectivity index (χ2v) is 5.40. The van der Waals surface area contributed by atoms with Crippen LogP contribution in [0.1, 0.15) is 23.7 Å². The van der Waals surface area contributed by atoms with Gasteiger partial charge in [-0.3, -0.25) is 4.79 Å². The van der Waals surface area contributed by atoms with E-state index >= 15 is 0 Å². The maximum Gasteiger partial charge on any atom is 0.335 e. The predicted octanol–water partition coefficient (Wildman–Crippen LogP) is 1.63. The standard InChI is InChI=1S/C14H16F2N2O3/c1-14(13(21)17-2)3-4-18(7-14)11-9(15)5-8(12(19)20)6-10(11)16/h5-6H,3-4,7H2,1-2H3,(H,17,21)(H,19,20). The Kier molecular flexibility index (Phi) is 3.85. The van der Waals surface area contributed by atoms with Gasteiger partial charge in [-0.25, -0.2) is 13.6 Å². The van der Waals surface area contributed by atoms with Crippen LogP contribution in [0.15, 0.2) is 12.1 Å². The summed E-state index contributed by atoms with van der Waals surface area (Å²) in [6, 6.07) is 1.58. The largest absolute Gasteiger partial charge is 0.478 e. The van der Waals surface area contributed by atoms with Crippen molar-refractivity contribution in [2.75, 3.05) is 25.0 Å². The predicted molar refractivity (Wildman–Crippen MR) is 72.3 cm³/mol. The van der Waals surface area contributed by atoms with E-state index in [0.29, 0.717) is 13.0 Å². The monoisotopic (exact) mass is 298 g/mol. The molecule has 114 valence electrons. The van der Waals surface area contributed by atoms with Gasteiger partial charge in [0, 0.05) is 20.1 Å². The summed E-state index contributed by atoms with van der Waals surface area (Å²) < 4.78 is 28.0. The van der Waals surface area contributed by atoms with Crippen LogP contribution in [0.2, 0.25) is 0 Å². The lowest BCUT2D eigenvalue weighted by atomic mass is 9.89. The van der Waals surface area contributed by atoms with Crippen LogP contribution in [0.25, 0.3) is 0 Å². The normalized spacial score (nSPS) is 21.4. The Morgan fingerprint density at radius 1 is 1.33 bits per heavy atom. The van der Waals surface area contributed by atoms with Gasteiger partial charge in [0.25, 0.3) is 0 Å². The highest BCUT2D eigenvalue weighted by Gasteiger charge is 2.41. The highest BCUT2D eigenvalue weighted by molar-refractivity contribution is 5.88. The van der Waals surface area contributed by atoms with Gasteiger partial charge in [-0.15, -0.1) is 0 Å². The van der Waals surface area contributed by atoms with Gasteiger partial charge in [0.05, 0.1) is 11.0 Å². The van der Waals surface area contributed by atoms with Gasteiger partial charge in [-0.1, -0.05) is 0 Å². The summed E-state index contributed by atoms with van der Waals surface area (Å²) in [6.07, 6.45) is 0.465. The number of nitrogens with zero attached hydrogens (tertiary/aromatic N) is 1. The number of anilines is 1. The van der Waals surface area contributed by atoms with Crippen molar-refractivity contribution >= 4 is 17.6 Å². The zero-order valence-electron chi connectivity index (χ0n) is 11.7. The maximum atomic E-state index is 14.0. The van der Waals surface area contributed by atoms with E-state index in [1.807, 2.05) is 0 Å². The van der Waals surface area contributed by atoms with Crippen LogP contribution in [-0.4, -0.2) is 37.1 Å². The quantitative estimate of drug-likeness (QED) is 0.890. The first-order chi connectivity index (χ1) is 9.78. The summed E-state index contributed by atoms with van der Waals surface area (Å²) in [4.78, 5) is 24.0. The number of carbonyl (C=O) groups excluding carboxylic acids is 1. The molecule has 0 spiro atoms. The van der Waals surface area contributed by atoms with Crippen LogP contribution in [0.3, 0.4) is 0 Å². The Hall–Kier alpha value is -2.18. The van der Waals surface area contributed by atoms with Crippen molar-refractivity contribution in [2.45, 2.75) is 13.3 Å². The maximum absolute atomic E-state index is 14.0. The summed E-state index contributed by atoms with van der Waals surface area (Å²) in [5.41, 5.74) is -1.45. The summed E-state index contributed by atoms with van der Waals surface area (Å²) in [5, 5.41) is 11.3.